The van der Waals surface area contributed by atoms with Crippen LogP contribution in [0.3, 0.4) is 0 Å². The van der Waals surface area contributed by atoms with E-state index in [-0.39, 0.29) is 6.07 Å². The molecule has 1 heterocycles. The highest BCUT2D eigenvalue weighted by molar-refractivity contribution is 7.10. The van der Waals surface area contributed by atoms with E-state index in [1.165, 1.54) is 0 Å². The van der Waals surface area contributed by atoms with Crippen molar-refractivity contribution in [3.63, 3.8) is 0 Å². The third-order valence-electron chi connectivity index (χ3n) is 2.49. The lowest BCUT2D eigenvalue weighted by molar-refractivity contribution is -0.117. The van der Waals surface area contributed by atoms with Crippen LogP contribution < -0.4 is 11.1 Å². The summed E-state index contributed by atoms with van der Waals surface area (Å²) in [5, 5.41) is 3.42. The highest BCUT2D eigenvalue weighted by Crippen LogP contribution is 2.25. The first-order chi connectivity index (χ1) is 9.41. The van der Waals surface area contributed by atoms with Crippen molar-refractivity contribution >= 4 is 22.9 Å². The fourth-order valence-corrected chi connectivity index (χ4v) is 2.21. The first kappa shape index (κ1) is 14.5. The Morgan fingerprint density at radius 3 is 2.30 bits per heavy atom. The van der Waals surface area contributed by atoms with Gasteiger partial charge in [-0.15, -0.1) is 11.3 Å². The number of thiophene rings is 1. The summed E-state index contributed by atoms with van der Waals surface area (Å²) >= 11 is 1.16. The maximum atomic E-state index is 13.4. The summed E-state index contributed by atoms with van der Waals surface area (Å²) in [6.45, 7) is 0. The number of hydrogen-bond acceptors (Lipinski definition) is 3. The summed E-state index contributed by atoms with van der Waals surface area (Å²) in [5.74, 6) is -7.56. The van der Waals surface area contributed by atoms with Gasteiger partial charge < -0.3 is 11.1 Å². The largest absolute Gasteiger partial charge is 0.319 e. The second-order valence-corrected chi connectivity index (χ2v) is 4.80. The van der Waals surface area contributed by atoms with E-state index in [1.54, 1.807) is 22.8 Å². The molecule has 0 radical (unpaired) electrons. The van der Waals surface area contributed by atoms with Crippen LogP contribution in [0.1, 0.15) is 10.9 Å². The molecule has 1 atom stereocenters. The molecule has 2 rings (SSSR count). The van der Waals surface area contributed by atoms with Crippen molar-refractivity contribution in [2.45, 2.75) is 6.04 Å². The molecule has 106 valence electrons. The lowest BCUT2D eigenvalue weighted by atomic mass is 10.2. The van der Waals surface area contributed by atoms with Crippen LogP contribution in [0.25, 0.3) is 0 Å². The molecule has 0 aliphatic carbocycles. The van der Waals surface area contributed by atoms with Crippen LogP contribution in [0, 0.1) is 23.3 Å². The van der Waals surface area contributed by atoms with Gasteiger partial charge in [0.2, 0.25) is 5.91 Å². The second-order valence-electron chi connectivity index (χ2n) is 3.83. The van der Waals surface area contributed by atoms with Gasteiger partial charge in [-0.1, -0.05) is 6.07 Å². The first-order valence-electron chi connectivity index (χ1n) is 5.34. The Bertz CT molecular complexity index is 619. The van der Waals surface area contributed by atoms with Gasteiger partial charge in [-0.2, -0.15) is 0 Å². The molecule has 0 saturated carbocycles. The molecule has 20 heavy (non-hydrogen) atoms. The monoisotopic (exact) mass is 304 g/mol. The molecule has 2 aromatic rings. The normalized spacial score (nSPS) is 12.2. The minimum Gasteiger partial charge on any atom is -0.319 e. The van der Waals surface area contributed by atoms with Gasteiger partial charge >= 0.3 is 0 Å². The Kier molecular flexibility index (Phi) is 4.05. The Morgan fingerprint density at radius 2 is 1.80 bits per heavy atom. The zero-order valence-corrected chi connectivity index (χ0v) is 10.6. The molecule has 1 unspecified atom stereocenters. The predicted molar refractivity (Wildman–Crippen MR) is 66.2 cm³/mol. The number of rotatable bonds is 3. The summed E-state index contributed by atoms with van der Waals surface area (Å²) in [7, 11) is 0. The van der Waals surface area contributed by atoms with E-state index in [9.17, 15) is 22.4 Å². The van der Waals surface area contributed by atoms with Crippen LogP contribution in [0.4, 0.5) is 23.2 Å². The van der Waals surface area contributed by atoms with E-state index >= 15 is 0 Å². The Hall–Kier alpha value is -1.93. The fraction of sp³-hybridized carbons (Fsp3) is 0.0833. The van der Waals surface area contributed by atoms with Gasteiger partial charge in [0.25, 0.3) is 0 Å². The summed E-state index contributed by atoms with van der Waals surface area (Å²) < 4.78 is 52.7. The number of hydrogen-bond donors (Lipinski definition) is 2. The smallest absolute Gasteiger partial charge is 0.246 e. The standard InChI is InChI=1S/C12H8F4N2OS/c13-5-4-6(14)9(16)11(8(5)15)18-12(19)10(17)7-2-1-3-20-7/h1-4,10H,17H2,(H,18,19). The summed E-state index contributed by atoms with van der Waals surface area (Å²) in [5.41, 5.74) is 4.38. The minimum absolute atomic E-state index is 0.0551. The molecular formula is C12H8F4N2OS. The molecule has 3 N–H and O–H groups in total. The second kappa shape index (κ2) is 5.59. The van der Waals surface area contributed by atoms with E-state index in [1.807, 2.05) is 0 Å². The molecule has 1 aromatic carbocycles. The maximum Gasteiger partial charge on any atom is 0.246 e. The first-order valence-corrected chi connectivity index (χ1v) is 6.22. The van der Waals surface area contributed by atoms with Crippen LogP contribution in [0.15, 0.2) is 23.6 Å². The Morgan fingerprint density at radius 1 is 1.20 bits per heavy atom. The minimum atomic E-state index is -1.68. The summed E-state index contributed by atoms with van der Waals surface area (Å²) in [4.78, 5) is 12.2. The number of halogens is 4. The highest BCUT2D eigenvalue weighted by Gasteiger charge is 2.24. The number of carbonyl (C=O) groups is 1. The zero-order valence-electron chi connectivity index (χ0n) is 9.79. The van der Waals surface area contributed by atoms with Crippen molar-refractivity contribution in [2.24, 2.45) is 5.73 Å². The van der Waals surface area contributed by atoms with E-state index in [0.29, 0.717) is 4.88 Å². The fourth-order valence-electron chi connectivity index (χ4n) is 1.48. The van der Waals surface area contributed by atoms with Gasteiger partial charge in [-0.3, -0.25) is 4.79 Å². The van der Waals surface area contributed by atoms with Gasteiger partial charge in [0.05, 0.1) is 0 Å². The highest BCUT2D eigenvalue weighted by atomic mass is 32.1. The topological polar surface area (TPSA) is 55.1 Å². The van der Waals surface area contributed by atoms with Crippen LogP contribution in [-0.4, -0.2) is 5.91 Å². The average Bonchev–Trinajstić information content (AvgIpc) is 2.94. The third kappa shape index (κ3) is 2.66. The van der Waals surface area contributed by atoms with E-state index in [2.05, 4.69) is 0 Å². The molecule has 0 saturated heterocycles. The van der Waals surface area contributed by atoms with E-state index in [0.717, 1.165) is 11.3 Å². The van der Waals surface area contributed by atoms with Crippen molar-refractivity contribution in [3.05, 3.63) is 51.7 Å². The van der Waals surface area contributed by atoms with Crippen molar-refractivity contribution in [3.8, 4) is 0 Å². The molecule has 0 spiro atoms. The average molecular weight is 304 g/mol. The van der Waals surface area contributed by atoms with E-state index in [4.69, 9.17) is 5.73 Å². The van der Waals surface area contributed by atoms with E-state index < -0.39 is 40.9 Å². The van der Waals surface area contributed by atoms with Gasteiger partial charge in [0.1, 0.15) is 11.7 Å². The number of amides is 1. The predicted octanol–water partition coefficient (Wildman–Crippen LogP) is 2.94. The molecule has 8 heteroatoms. The molecule has 1 amide bonds. The number of benzene rings is 1. The van der Waals surface area contributed by atoms with Crippen molar-refractivity contribution in [1.29, 1.82) is 0 Å². The van der Waals surface area contributed by atoms with Crippen molar-refractivity contribution in [1.82, 2.24) is 0 Å². The zero-order chi connectivity index (χ0) is 14.9. The molecular weight excluding hydrogens is 296 g/mol. The number of nitrogens with one attached hydrogen (secondary N) is 1. The van der Waals surface area contributed by atoms with Crippen molar-refractivity contribution in [2.75, 3.05) is 5.32 Å². The molecule has 0 aliphatic heterocycles. The Labute approximate surface area is 115 Å². The molecule has 3 nitrogen and oxygen atoms in total. The lowest BCUT2D eigenvalue weighted by Crippen LogP contribution is -2.28. The maximum absolute atomic E-state index is 13.4. The van der Waals surface area contributed by atoms with Crippen LogP contribution in [0.5, 0.6) is 0 Å². The number of nitrogens with two attached hydrogens (primary N) is 1. The number of anilines is 1. The third-order valence-corrected chi connectivity index (χ3v) is 3.45. The van der Waals surface area contributed by atoms with Crippen molar-refractivity contribution < 1.29 is 22.4 Å². The van der Waals surface area contributed by atoms with Gasteiger partial charge in [0.15, 0.2) is 23.3 Å². The number of carbonyl (C=O) groups excluding carboxylic acids is 1. The molecule has 1 aromatic heterocycles. The lowest BCUT2D eigenvalue weighted by Gasteiger charge is -2.12. The van der Waals surface area contributed by atoms with Crippen LogP contribution >= 0.6 is 11.3 Å². The summed E-state index contributed by atoms with van der Waals surface area (Å²) in [6, 6.07) is 2.05. The van der Waals surface area contributed by atoms with Crippen LogP contribution in [-0.2, 0) is 4.79 Å². The van der Waals surface area contributed by atoms with Gasteiger partial charge in [-0.25, -0.2) is 17.6 Å². The SMILES string of the molecule is NC(C(=O)Nc1c(F)c(F)cc(F)c1F)c1cccs1. The van der Waals surface area contributed by atoms with Gasteiger partial charge in [-0.05, 0) is 11.4 Å². The quantitative estimate of drug-likeness (QED) is 0.676. The Balaban J connectivity index is 2.29. The van der Waals surface area contributed by atoms with Gasteiger partial charge in [0, 0.05) is 10.9 Å². The molecule has 0 fully saturated rings. The van der Waals surface area contributed by atoms with Crippen LogP contribution in [0.2, 0.25) is 0 Å². The summed E-state index contributed by atoms with van der Waals surface area (Å²) in [6.07, 6.45) is 0. The molecule has 0 aliphatic rings. The molecule has 0 bridgehead atoms.